The Kier molecular flexibility index (Phi) is 9.22. The molecule has 3 amide bonds. The van der Waals surface area contributed by atoms with Crippen LogP contribution in [0, 0.1) is 0 Å². The third-order valence-corrected chi connectivity index (χ3v) is 5.12. The Bertz CT molecular complexity index is 964. The molecule has 0 fully saturated rings. The van der Waals surface area contributed by atoms with Crippen LogP contribution in [0.1, 0.15) is 43.6 Å². The topological polar surface area (TPSA) is 157 Å². The summed E-state index contributed by atoms with van der Waals surface area (Å²) in [6.07, 6.45) is 0.0152. The molecule has 0 bridgehead atoms. The molecule has 0 aliphatic rings. The zero-order valence-electron chi connectivity index (χ0n) is 19.3. The van der Waals surface area contributed by atoms with Crippen molar-refractivity contribution in [1.82, 2.24) is 10.6 Å². The highest BCUT2D eigenvalue weighted by molar-refractivity contribution is 5.89. The van der Waals surface area contributed by atoms with Crippen molar-refractivity contribution in [1.29, 1.82) is 0 Å². The summed E-state index contributed by atoms with van der Waals surface area (Å²) >= 11 is 0. The van der Waals surface area contributed by atoms with Gasteiger partial charge in [-0.15, -0.1) is 0 Å². The summed E-state index contributed by atoms with van der Waals surface area (Å²) in [6.45, 7) is 5.90. The number of hydrogen-bond donors (Lipinski definition) is 7. The fraction of sp³-hybridized carbons (Fsp3) is 0.417. The van der Waals surface area contributed by atoms with Crippen LogP contribution in [0.3, 0.4) is 0 Å². The normalized spacial score (nSPS) is 13.2. The van der Waals surface area contributed by atoms with Gasteiger partial charge in [0.15, 0.2) is 0 Å². The molecule has 9 heteroatoms. The lowest BCUT2D eigenvalue weighted by Gasteiger charge is -2.28. The predicted molar refractivity (Wildman–Crippen MR) is 127 cm³/mol. The number of carbonyl (C=O) groups is 2. The van der Waals surface area contributed by atoms with E-state index in [0.717, 1.165) is 11.1 Å². The summed E-state index contributed by atoms with van der Waals surface area (Å²) in [6, 6.07) is 11.1. The first-order valence-corrected chi connectivity index (χ1v) is 10.8. The van der Waals surface area contributed by atoms with Gasteiger partial charge in [-0.05, 0) is 56.0 Å². The van der Waals surface area contributed by atoms with Crippen LogP contribution in [0.25, 0.3) is 0 Å². The van der Waals surface area contributed by atoms with Gasteiger partial charge in [0.2, 0.25) is 5.91 Å². The minimum atomic E-state index is -0.873. The lowest BCUT2D eigenvalue weighted by molar-refractivity contribution is -0.121. The van der Waals surface area contributed by atoms with Gasteiger partial charge in [-0.3, -0.25) is 4.79 Å². The summed E-state index contributed by atoms with van der Waals surface area (Å²) < 4.78 is 0. The number of urea groups is 1. The summed E-state index contributed by atoms with van der Waals surface area (Å²) in [5.41, 5.74) is 7.31. The molecule has 2 aromatic rings. The Morgan fingerprint density at radius 1 is 1.12 bits per heavy atom. The number of aliphatic hydroxyl groups is 2. The van der Waals surface area contributed by atoms with Crippen LogP contribution in [0.2, 0.25) is 0 Å². The molecule has 0 aliphatic carbocycles. The van der Waals surface area contributed by atoms with Crippen molar-refractivity contribution >= 4 is 17.6 Å². The number of nitrogens with two attached hydrogens (primary N) is 1. The molecule has 8 N–H and O–H groups in total. The number of phenols is 1. The molecule has 0 heterocycles. The standard InChI is InChI=1S/C24H34N4O5/c1-15(14-29)27-22(32)10-16-5-4-6-17(9-16)12-24(2,3)26-13-21(31)18-7-8-20(30)19(11-18)28-23(25)33/h4-9,11,15,21,26,29-31H,10,12-14H2,1-3H3,(H,27,32)(H3,25,28,33)/t15-,21+/m0/s1. The average molecular weight is 459 g/mol. The number of carbonyl (C=O) groups excluding carboxylic acids is 2. The van der Waals surface area contributed by atoms with Crippen LogP contribution < -0.4 is 21.7 Å². The van der Waals surface area contributed by atoms with Crippen LogP contribution in [-0.4, -0.2) is 52.0 Å². The van der Waals surface area contributed by atoms with E-state index in [9.17, 15) is 19.8 Å². The van der Waals surface area contributed by atoms with E-state index >= 15 is 0 Å². The number of primary amides is 1. The van der Waals surface area contributed by atoms with Gasteiger partial charge in [-0.1, -0.05) is 30.3 Å². The molecule has 0 aromatic heterocycles. The van der Waals surface area contributed by atoms with Crippen molar-refractivity contribution in [2.75, 3.05) is 18.5 Å². The maximum atomic E-state index is 12.1. The number of rotatable bonds is 11. The second-order valence-corrected chi connectivity index (χ2v) is 8.87. The highest BCUT2D eigenvalue weighted by atomic mass is 16.3. The van der Waals surface area contributed by atoms with E-state index < -0.39 is 12.1 Å². The molecule has 2 aromatic carbocycles. The maximum absolute atomic E-state index is 12.1. The Morgan fingerprint density at radius 2 is 1.82 bits per heavy atom. The first-order chi connectivity index (χ1) is 15.5. The molecule has 0 unspecified atom stereocenters. The van der Waals surface area contributed by atoms with E-state index in [2.05, 4.69) is 16.0 Å². The smallest absolute Gasteiger partial charge is 0.316 e. The van der Waals surface area contributed by atoms with E-state index in [-0.39, 0.29) is 48.5 Å². The third kappa shape index (κ3) is 8.72. The molecule has 180 valence electrons. The van der Waals surface area contributed by atoms with Gasteiger partial charge in [-0.25, -0.2) is 4.79 Å². The third-order valence-electron chi connectivity index (χ3n) is 5.12. The zero-order chi connectivity index (χ0) is 24.6. The SMILES string of the molecule is C[C@@H](CO)NC(=O)Cc1cccc(CC(C)(C)NC[C@@H](O)c2ccc(O)c(NC(N)=O)c2)c1. The Balaban J connectivity index is 1.97. The van der Waals surface area contributed by atoms with E-state index in [1.165, 1.54) is 12.1 Å². The van der Waals surface area contributed by atoms with Gasteiger partial charge in [0, 0.05) is 18.1 Å². The van der Waals surface area contributed by atoms with Gasteiger partial charge in [-0.2, -0.15) is 0 Å². The number of β-amino-alcohol motifs (C(OH)–C–C–N with tert-alkyl or cyclic N) is 1. The molecule has 2 rings (SSSR count). The molecule has 0 saturated heterocycles. The predicted octanol–water partition coefficient (Wildman–Crippen LogP) is 1.57. The Hall–Kier alpha value is -3.14. The van der Waals surface area contributed by atoms with Gasteiger partial charge in [0.1, 0.15) is 5.75 Å². The van der Waals surface area contributed by atoms with E-state index in [1.807, 2.05) is 38.1 Å². The Morgan fingerprint density at radius 3 is 2.48 bits per heavy atom. The number of nitrogens with one attached hydrogen (secondary N) is 3. The van der Waals surface area contributed by atoms with E-state index in [1.54, 1.807) is 13.0 Å². The van der Waals surface area contributed by atoms with Crippen molar-refractivity contribution < 1.29 is 24.9 Å². The molecular weight excluding hydrogens is 424 g/mol. The first kappa shape index (κ1) is 26.1. The molecule has 0 saturated carbocycles. The monoisotopic (exact) mass is 458 g/mol. The highest BCUT2D eigenvalue weighted by Gasteiger charge is 2.21. The second kappa shape index (κ2) is 11.6. The molecule has 0 aliphatic heterocycles. The highest BCUT2D eigenvalue weighted by Crippen LogP contribution is 2.27. The fourth-order valence-corrected chi connectivity index (χ4v) is 3.46. The van der Waals surface area contributed by atoms with E-state index in [0.29, 0.717) is 12.0 Å². The van der Waals surface area contributed by atoms with Crippen LogP contribution in [0.5, 0.6) is 5.75 Å². The lowest BCUT2D eigenvalue weighted by Crippen LogP contribution is -2.43. The Labute approximate surface area is 194 Å². The minimum absolute atomic E-state index is 0.107. The van der Waals surface area contributed by atoms with Crippen molar-refractivity contribution in [2.45, 2.75) is 51.3 Å². The van der Waals surface area contributed by atoms with Crippen molar-refractivity contribution in [3.8, 4) is 5.75 Å². The average Bonchev–Trinajstić information content (AvgIpc) is 2.73. The summed E-state index contributed by atoms with van der Waals surface area (Å²) in [5, 5.41) is 37.9. The van der Waals surface area contributed by atoms with Gasteiger partial charge in [0.25, 0.3) is 0 Å². The molecule has 33 heavy (non-hydrogen) atoms. The fourth-order valence-electron chi connectivity index (χ4n) is 3.46. The number of amides is 3. The van der Waals surface area contributed by atoms with Crippen molar-refractivity contribution in [3.63, 3.8) is 0 Å². The number of anilines is 1. The largest absolute Gasteiger partial charge is 0.506 e. The zero-order valence-corrected chi connectivity index (χ0v) is 19.3. The number of hydrogen-bond acceptors (Lipinski definition) is 6. The van der Waals surface area contributed by atoms with Crippen molar-refractivity contribution in [2.24, 2.45) is 5.73 Å². The number of benzene rings is 2. The summed E-state index contributed by atoms with van der Waals surface area (Å²) in [4.78, 5) is 23.2. The first-order valence-electron chi connectivity index (χ1n) is 10.8. The quantitative estimate of drug-likeness (QED) is 0.253. The van der Waals surface area contributed by atoms with Gasteiger partial charge in [0.05, 0.1) is 24.8 Å². The molecule has 9 nitrogen and oxygen atoms in total. The molecule has 0 radical (unpaired) electrons. The second-order valence-electron chi connectivity index (χ2n) is 8.87. The molecule has 0 spiro atoms. The summed E-state index contributed by atoms with van der Waals surface area (Å²) in [5.74, 6) is -0.286. The van der Waals surface area contributed by atoms with Gasteiger partial charge < -0.3 is 37.0 Å². The number of aliphatic hydroxyl groups excluding tert-OH is 2. The van der Waals surface area contributed by atoms with Crippen LogP contribution in [0.15, 0.2) is 42.5 Å². The molecule has 2 atom stereocenters. The van der Waals surface area contributed by atoms with Crippen LogP contribution >= 0.6 is 0 Å². The van der Waals surface area contributed by atoms with Crippen molar-refractivity contribution in [3.05, 3.63) is 59.2 Å². The maximum Gasteiger partial charge on any atom is 0.316 e. The van der Waals surface area contributed by atoms with Gasteiger partial charge >= 0.3 is 6.03 Å². The van der Waals surface area contributed by atoms with Crippen LogP contribution in [0.4, 0.5) is 10.5 Å². The number of aromatic hydroxyl groups is 1. The number of phenolic OH excluding ortho intramolecular Hbond substituents is 1. The van der Waals surface area contributed by atoms with Crippen LogP contribution in [-0.2, 0) is 17.6 Å². The van der Waals surface area contributed by atoms with E-state index in [4.69, 9.17) is 10.8 Å². The molecular formula is C24H34N4O5. The minimum Gasteiger partial charge on any atom is -0.506 e. The lowest BCUT2D eigenvalue weighted by atomic mass is 9.93. The summed E-state index contributed by atoms with van der Waals surface area (Å²) in [7, 11) is 0.